The average molecular weight is 344 g/mol. The van der Waals surface area contributed by atoms with Gasteiger partial charge in [-0.3, -0.25) is 0 Å². The minimum absolute atomic E-state index is 0.0639. The van der Waals surface area contributed by atoms with Gasteiger partial charge < -0.3 is 5.32 Å². The van der Waals surface area contributed by atoms with E-state index < -0.39 is 10.0 Å². The summed E-state index contributed by atoms with van der Waals surface area (Å²) in [6.45, 7) is 0. The molecule has 0 saturated carbocycles. The highest BCUT2D eigenvalue weighted by Crippen LogP contribution is 2.17. The molecule has 24 heavy (non-hydrogen) atoms. The van der Waals surface area contributed by atoms with Gasteiger partial charge in [0.15, 0.2) is 0 Å². The van der Waals surface area contributed by atoms with E-state index in [4.69, 9.17) is 0 Å². The van der Waals surface area contributed by atoms with Gasteiger partial charge in [0.2, 0.25) is 5.95 Å². The van der Waals surface area contributed by atoms with Crippen LogP contribution in [-0.2, 0) is 10.0 Å². The molecule has 0 spiro atoms. The molecule has 0 fully saturated rings. The van der Waals surface area contributed by atoms with Crippen LogP contribution in [0, 0.1) is 5.82 Å². The first-order valence-electron chi connectivity index (χ1n) is 6.96. The standard InChI is InChI=1S/C16H13FN4O2S/c17-12-6-8-13(9-7-12)19-15-10-11-18-16(20-15)21-24(22,23)14-4-2-1-3-5-14/h1-11H,(H2,18,19,20,21). The number of nitrogens with one attached hydrogen (secondary N) is 2. The van der Waals surface area contributed by atoms with Crippen LogP contribution in [0.3, 0.4) is 0 Å². The number of hydrogen-bond donors (Lipinski definition) is 2. The van der Waals surface area contributed by atoms with Gasteiger partial charge in [0.1, 0.15) is 11.6 Å². The third-order valence-electron chi connectivity index (χ3n) is 3.05. The van der Waals surface area contributed by atoms with Gasteiger partial charge in [-0.05, 0) is 42.5 Å². The Kier molecular flexibility index (Phi) is 4.39. The van der Waals surface area contributed by atoms with Gasteiger partial charge in [-0.25, -0.2) is 22.5 Å². The molecule has 122 valence electrons. The third-order valence-corrected chi connectivity index (χ3v) is 4.40. The molecule has 1 aromatic heterocycles. The fourth-order valence-corrected chi connectivity index (χ4v) is 2.91. The van der Waals surface area contributed by atoms with Crippen LogP contribution in [0.15, 0.2) is 71.8 Å². The number of halogens is 1. The molecule has 0 aliphatic heterocycles. The van der Waals surface area contributed by atoms with Crippen molar-refractivity contribution in [3.05, 3.63) is 72.7 Å². The summed E-state index contributed by atoms with van der Waals surface area (Å²) in [5.41, 5.74) is 0.618. The zero-order valence-electron chi connectivity index (χ0n) is 12.3. The minimum Gasteiger partial charge on any atom is -0.340 e. The molecule has 2 N–H and O–H groups in total. The fourth-order valence-electron chi connectivity index (χ4n) is 1.94. The van der Waals surface area contributed by atoms with Gasteiger partial charge in [-0.1, -0.05) is 18.2 Å². The molecule has 3 aromatic rings. The Hall–Kier alpha value is -3.00. The maximum Gasteiger partial charge on any atom is 0.264 e. The first-order valence-corrected chi connectivity index (χ1v) is 8.45. The largest absolute Gasteiger partial charge is 0.340 e. The SMILES string of the molecule is O=S(=O)(Nc1nccc(Nc2ccc(F)cc2)n1)c1ccccc1. The van der Waals surface area contributed by atoms with Crippen LogP contribution in [0.4, 0.5) is 21.8 Å². The molecule has 3 rings (SSSR count). The van der Waals surface area contributed by atoms with Crippen molar-refractivity contribution in [1.82, 2.24) is 9.97 Å². The van der Waals surface area contributed by atoms with E-state index in [0.717, 1.165) is 0 Å². The number of benzene rings is 2. The summed E-state index contributed by atoms with van der Waals surface area (Å²) in [7, 11) is -3.76. The lowest BCUT2D eigenvalue weighted by Crippen LogP contribution is -2.15. The predicted octanol–water partition coefficient (Wildman–Crippen LogP) is 3.16. The third kappa shape index (κ3) is 3.85. The molecule has 8 heteroatoms. The summed E-state index contributed by atoms with van der Waals surface area (Å²) in [5.74, 6) is -0.0344. The van der Waals surface area contributed by atoms with Gasteiger partial charge in [-0.2, -0.15) is 4.98 Å². The Bertz CT molecular complexity index is 932. The molecule has 0 saturated heterocycles. The van der Waals surface area contributed by atoms with Gasteiger partial charge in [0.25, 0.3) is 10.0 Å². The van der Waals surface area contributed by atoms with Gasteiger partial charge in [0.05, 0.1) is 4.90 Å². The summed E-state index contributed by atoms with van der Waals surface area (Å²) < 4.78 is 39.7. The molecule has 0 unspecified atom stereocenters. The van der Waals surface area contributed by atoms with Crippen LogP contribution in [-0.4, -0.2) is 18.4 Å². The zero-order valence-corrected chi connectivity index (χ0v) is 13.2. The van der Waals surface area contributed by atoms with Crippen LogP contribution in [0.2, 0.25) is 0 Å². The molecule has 2 aromatic carbocycles. The lowest BCUT2D eigenvalue weighted by Gasteiger charge is -2.09. The molecule has 0 aliphatic rings. The van der Waals surface area contributed by atoms with E-state index in [-0.39, 0.29) is 16.7 Å². The highest BCUT2D eigenvalue weighted by molar-refractivity contribution is 7.92. The van der Waals surface area contributed by atoms with Gasteiger partial charge in [-0.15, -0.1) is 0 Å². The highest BCUT2D eigenvalue weighted by atomic mass is 32.2. The van der Waals surface area contributed by atoms with E-state index in [1.54, 1.807) is 36.4 Å². The molecule has 6 nitrogen and oxygen atoms in total. The maximum absolute atomic E-state index is 12.9. The second-order valence-corrected chi connectivity index (χ2v) is 6.50. The van der Waals surface area contributed by atoms with Gasteiger partial charge in [0, 0.05) is 11.9 Å². The summed E-state index contributed by atoms with van der Waals surface area (Å²) in [6.07, 6.45) is 1.42. The van der Waals surface area contributed by atoms with Crippen molar-refractivity contribution in [2.75, 3.05) is 10.0 Å². The summed E-state index contributed by atoms with van der Waals surface area (Å²) >= 11 is 0. The number of hydrogen-bond acceptors (Lipinski definition) is 5. The maximum atomic E-state index is 12.9. The molecule has 0 bridgehead atoms. The summed E-state index contributed by atoms with van der Waals surface area (Å²) in [4.78, 5) is 8.12. The van der Waals surface area contributed by atoms with E-state index in [1.807, 2.05) is 0 Å². The quantitative estimate of drug-likeness (QED) is 0.743. The Labute approximate surface area is 138 Å². The zero-order chi connectivity index (χ0) is 17.0. The van der Waals surface area contributed by atoms with Crippen LogP contribution in [0.1, 0.15) is 0 Å². The Morgan fingerprint density at radius 1 is 0.917 bits per heavy atom. The first kappa shape index (κ1) is 15.9. The van der Waals surface area contributed by atoms with Crippen molar-refractivity contribution in [3.8, 4) is 0 Å². The van der Waals surface area contributed by atoms with Crippen LogP contribution < -0.4 is 10.0 Å². The van der Waals surface area contributed by atoms with E-state index in [0.29, 0.717) is 11.5 Å². The second-order valence-electron chi connectivity index (χ2n) is 4.82. The van der Waals surface area contributed by atoms with Crippen molar-refractivity contribution in [1.29, 1.82) is 0 Å². The van der Waals surface area contributed by atoms with Crippen molar-refractivity contribution < 1.29 is 12.8 Å². The molecule has 1 heterocycles. The number of anilines is 3. The first-order chi connectivity index (χ1) is 11.5. The molecule has 0 amide bonds. The monoisotopic (exact) mass is 344 g/mol. The number of nitrogens with zero attached hydrogens (tertiary/aromatic N) is 2. The topological polar surface area (TPSA) is 84.0 Å². The van der Waals surface area contributed by atoms with Crippen molar-refractivity contribution in [2.45, 2.75) is 4.90 Å². The molecular formula is C16H13FN4O2S. The predicted molar refractivity (Wildman–Crippen MR) is 89.0 cm³/mol. The second kappa shape index (κ2) is 6.63. The Balaban J connectivity index is 1.79. The molecule has 0 aliphatic carbocycles. The average Bonchev–Trinajstić information content (AvgIpc) is 2.58. The van der Waals surface area contributed by atoms with Gasteiger partial charge >= 0.3 is 0 Å². The van der Waals surface area contributed by atoms with Crippen molar-refractivity contribution in [3.63, 3.8) is 0 Å². The number of aromatic nitrogens is 2. The van der Waals surface area contributed by atoms with Crippen molar-refractivity contribution >= 4 is 27.5 Å². The Morgan fingerprint density at radius 3 is 2.33 bits per heavy atom. The summed E-state index contributed by atoms with van der Waals surface area (Å²) in [6, 6.07) is 15.2. The van der Waals surface area contributed by atoms with E-state index in [1.165, 1.54) is 30.5 Å². The number of sulfonamides is 1. The molecule has 0 radical (unpaired) electrons. The van der Waals surface area contributed by atoms with Crippen molar-refractivity contribution in [2.24, 2.45) is 0 Å². The van der Waals surface area contributed by atoms with E-state index >= 15 is 0 Å². The van der Waals surface area contributed by atoms with Crippen LogP contribution in [0.25, 0.3) is 0 Å². The molecule has 0 atom stereocenters. The lowest BCUT2D eigenvalue weighted by atomic mass is 10.3. The van der Waals surface area contributed by atoms with Crippen LogP contribution >= 0.6 is 0 Å². The lowest BCUT2D eigenvalue weighted by molar-refractivity contribution is 0.601. The number of rotatable bonds is 5. The minimum atomic E-state index is -3.76. The van der Waals surface area contributed by atoms with E-state index in [2.05, 4.69) is 20.0 Å². The van der Waals surface area contributed by atoms with Crippen LogP contribution in [0.5, 0.6) is 0 Å². The normalized spacial score (nSPS) is 11.0. The highest BCUT2D eigenvalue weighted by Gasteiger charge is 2.15. The Morgan fingerprint density at radius 2 is 1.62 bits per heavy atom. The van der Waals surface area contributed by atoms with E-state index in [9.17, 15) is 12.8 Å². The summed E-state index contributed by atoms with van der Waals surface area (Å²) in [5, 5.41) is 2.94. The molecular weight excluding hydrogens is 331 g/mol. The smallest absolute Gasteiger partial charge is 0.264 e. The fraction of sp³-hybridized carbons (Fsp3) is 0.